The zero-order chi connectivity index (χ0) is 19.6. The Morgan fingerprint density at radius 3 is 2.61 bits per heavy atom. The number of hydrogen-bond donors (Lipinski definition) is 0. The van der Waals surface area contributed by atoms with Crippen LogP contribution in [0.2, 0.25) is 0 Å². The number of amides is 1. The molecule has 2 fully saturated rings. The molecule has 3 heterocycles. The van der Waals surface area contributed by atoms with Gasteiger partial charge in [-0.2, -0.15) is 0 Å². The van der Waals surface area contributed by atoms with Crippen molar-refractivity contribution < 1.29 is 4.79 Å². The van der Waals surface area contributed by atoms with Crippen molar-refractivity contribution in [1.82, 2.24) is 19.4 Å². The maximum atomic E-state index is 12.8. The number of nitrogens with zero attached hydrogens (tertiary/aromatic N) is 4. The lowest BCUT2D eigenvalue weighted by Gasteiger charge is -2.50. The summed E-state index contributed by atoms with van der Waals surface area (Å²) in [5.41, 5.74) is 1.81. The first-order valence-electron chi connectivity index (χ1n) is 10.6. The Morgan fingerprint density at radius 1 is 1.21 bits per heavy atom. The van der Waals surface area contributed by atoms with Gasteiger partial charge in [-0.25, -0.2) is 4.98 Å². The summed E-state index contributed by atoms with van der Waals surface area (Å²) in [7, 11) is 0. The molecule has 0 aliphatic carbocycles. The molecular formula is C23H32N4O. The van der Waals surface area contributed by atoms with E-state index in [9.17, 15) is 4.79 Å². The molecule has 0 unspecified atom stereocenters. The summed E-state index contributed by atoms with van der Waals surface area (Å²) in [4.78, 5) is 21.7. The van der Waals surface area contributed by atoms with Crippen molar-refractivity contribution in [2.45, 2.75) is 45.6 Å². The number of carbonyl (C=O) groups excluding carboxylic acids is 1. The van der Waals surface area contributed by atoms with Crippen molar-refractivity contribution in [2.75, 3.05) is 32.7 Å². The van der Waals surface area contributed by atoms with Crippen LogP contribution >= 0.6 is 0 Å². The zero-order valence-corrected chi connectivity index (χ0v) is 17.2. The fourth-order valence-corrected chi connectivity index (χ4v) is 5.10. The lowest BCUT2D eigenvalue weighted by Crippen LogP contribution is -2.52. The standard InChI is InChI=1S/C23H32N4O/c1-3-25-16-21(20-7-5-4-6-8-20)15-23(18-25)9-12-26(13-10-23)22(28)17-27-14-11-24-19(27)2/h4-8,11,14,21H,3,9-10,12-13,15-18H2,1-2H3/t21-/m0/s1. The molecule has 1 spiro atoms. The summed E-state index contributed by atoms with van der Waals surface area (Å²) < 4.78 is 1.94. The van der Waals surface area contributed by atoms with Gasteiger partial charge in [0.2, 0.25) is 5.91 Å². The molecule has 5 nitrogen and oxygen atoms in total. The Hall–Kier alpha value is -2.14. The minimum atomic E-state index is 0.221. The first-order chi connectivity index (χ1) is 13.6. The molecule has 0 radical (unpaired) electrons. The minimum absolute atomic E-state index is 0.221. The van der Waals surface area contributed by atoms with E-state index in [1.807, 2.05) is 17.7 Å². The van der Waals surface area contributed by atoms with Gasteiger partial charge in [0.05, 0.1) is 0 Å². The number of piperidine rings is 2. The van der Waals surface area contributed by atoms with E-state index in [0.717, 1.165) is 44.8 Å². The van der Waals surface area contributed by atoms with Crippen molar-refractivity contribution in [3.05, 3.63) is 54.1 Å². The van der Waals surface area contributed by atoms with Gasteiger partial charge in [-0.3, -0.25) is 4.79 Å². The number of rotatable bonds is 4. The highest BCUT2D eigenvalue weighted by molar-refractivity contribution is 5.76. The summed E-state index contributed by atoms with van der Waals surface area (Å²) in [6.07, 6.45) is 7.13. The van der Waals surface area contributed by atoms with Crippen molar-refractivity contribution in [2.24, 2.45) is 5.41 Å². The molecule has 0 saturated carbocycles. The van der Waals surface area contributed by atoms with E-state index in [1.165, 1.54) is 18.5 Å². The van der Waals surface area contributed by atoms with Crippen molar-refractivity contribution >= 4 is 5.91 Å². The molecule has 2 aromatic rings. The number of hydrogen-bond acceptors (Lipinski definition) is 3. The summed E-state index contributed by atoms with van der Waals surface area (Å²) in [5, 5.41) is 0. The normalized spacial score (nSPS) is 22.5. The minimum Gasteiger partial charge on any atom is -0.341 e. The molecule has 150 valence electrons. The average Bonchev–Trinajstić information content (AvgIpc) is 3.13. The van der Waals surface area contributed by atoms with Gasteiger partial charge in [0.25, 0.3) is 0 Å². The lowest BCUT2D eigenvalue weighted by atomic mass is 9.68. The SMILES string of the molecule is CCN1C[C@@H](c2ccccc2)CC2(CCN(C(=O)Cn3ccnc3C)CC2)C1. The Labute approximate surface area is 168 Å². The van der Waals surface area contributed by atoms with Gasteiger partial charge in [0, 0.05) is 38.6 Å². The second-order valence-corrected chi connectivity index (χ2v) is 8.62. The first-order valence-corrected chi connectivity index (χ1v) is 10.6. The molecule has 2 saturated heterocycles. The van der Waals surface area contributed by atoms with E-state index in [2.05, 4.69) is 52.0 Å². The molecule has 1 aromatic heterocycles. The number of aromatic nitrogens is 2. The second kappa shape index (κ2) is 8.08. The van der Waals surface area contributed by atoms with E-state index in [0.29, 0.717) is 17.9 Å². The molecule has 0 N–H and O–H groups in total. The summed E-state index contributed by atoms with van der Waals surface area (Å²) in [6, 6.07) is 11.0. The molecule has 1 atom stereocenters. The van der Waals surface area contributed by atoms with Crippen LogP contribution in [0.3, 0.4) is 0 Å². The fraction of sp³-hybridized carbons (Fsp3) is 0.565. The van der Waals surface area contributed by atoms with Crippen LogP contribution in [0.25, 0.3) is 0 Å². The van der Waals surface area contributed by atoms with E-state index in [1.54, 1.807) is 6.20 Å². The van der Waals surface area contributed by atoms with Gasteiger partial charge in [-0.05, 0) is 49.6 Å². The van der Waals surface area contributed by atoms with Gasteiger partial charge >= 0.3 is 0 Å². The monoisotopic (exact) mass is 380 g/mol. The number of imidazole rings is 1. The summed E-state index contributed by atoms with van der Waals surface area (Å²) in [5.74, 6) is 1.72. The van der Waals surface area contributed by atoms with Gasteiger partial charge in [-0.15, -0.1) is 0 Å². The number of aryl methyl sites for hydroxylation is 1. The lowest BCUT2D eigenvalue weighted by molar-refractivity contribution is -0.135. The molecule has 1 aromatic carbocycles. The molecular weight excluding hydrogens is 348 g/mol. The second-order valence-electron chi connectivity index (χ2n) is 8.62. The highest BCUT2D eigenvalue weighted by Crippen LogP contribution is 2.45. The molecule has 28 heavy (non-hydrogen) atoms. The van der Waals surface area contributed by atoms with Crippen LogP contribution < -0.4 is 0 Å². The largest absolute Gasteiger partial charge is 0.341 e. The van der Waals surface area contributed by atoms with Gasteiger partial charge in [-0.1, -0.05) is 37.3 Å². The number of benzene rings is 1. The predicted molar refractivity (Wildman–Crippen MR) is 111 cm³/mol. The van der Waals surface area contributed by atoms with Crippen LogP contribution in [-0.2, 0) is 11.3 Å². The number of likely N-dealkylation sites (N-methyl/N-ethyl adjacent to an activating group) is 1. The molecule has 4 rings (SSSR count). The Kier molecular flexibility index (Phi) is 5.54. The topological polar surface area (TPSA) is 41.4 Å². The molecule has 0 bridgehead atoms. The number of carbonyl (C=O) groups is 1. The van der Waals surface area contributed by atoms with E-state index < -0.39 is 0 Å². The van der Waals surface area contributed by atoms with E-state index in [-0.39, 0.29) is 5.91 Å². The Bertz CT molecular complexity index is 792. The van der Waals surface area contributed by atoms with Crippen LogP contribution in [0.15, 0.2) is 42.7 Å². The van der Waals surface area contributed by atoms with Gasteiger partial charge in [0.1, 0.15) is 12.4 Å². The molecule has 1 amide bonds. The maximum absolute atomic E-state index is 12.8. The highest BCUT2D eigenvalue weighted by Gasteiger charge is 2.42. The van der Waals surface area contributed by atoms with Gasteiger partial charge in [0.15, 0.2) is 0 Å². The fourth-order valence-electron chi connectivity index (χ4n) is 5.10. The third kappa shape index (κ3) is 4.00. The summed E-state index contributed by atoms with van der Waals surface area (Å²) in [6.45, 7) is 9.83. The smallest absolute Gasteiger partial charge is 0.242 e. The Balaban J connectivity index is 1.41. The maximum Gasteiger partial charge on any atom is 0.242 e. The van der Waals surface area contributed by atoms with Crippen molar-refractivity contribution in [3.8, 4) is 0 Å². The van der Waals surface area contributed by atoms with Crippen LogP contribution in [0, 0.1) is 12.3 Å². The van der Waals surface area contributed by atoms with E-state index >= 15 is 0 Å². The van der Waals surface area contributed by atoms with Crippen LogP contribution in [0.5, 0.6) is 0 Å². The highest BCUT2D eigenvalue weighted by atomic mass is 16.2. The van der Waals surface area contributed by atoms with Crippen LogP contribution in [0.4, 0.5) is 0 Å². The predicted octanol–water partition coefficient (Wildman–Crippen LogP) is 3.31. The van der Waals surface area contributed by atoms with Crippen molar-refractivity contribution in [1.29, 1.82) is 0 Å². The number of likely N-dealkylation sites (tertiary alicyclic amines) is 2. The van der Waals surface area contributed by atoms with Crippen molar-refractivity contribution in [3.63, 3.8) is 0 Å². The third-order valence-corrected chi connectivity index (χ3v) is 6.84. The van der Waals surface area contributed by atoms with Crippen LogP contribution in [0.1, 0.15) is 43.5 Å². The van der Waals surface area contributed by atoms with Crippen LogP contribution in [-0.4, -0.2) is 58.0 Å². The first kappa shape index (κ1) is 19.2. The third-order valence-electron chi connectivity index (χ3n) is 6.84. The molecule has 2 aliphatic heterocycles. The quantitative estimate of drug-likeness (QED) is 0.817. The average molecular weight is 381 g/mol. The van der Waals surface area contributed by atoms with E-state index in [4.69, 9.17) is 0 Å². The molecule has 5 heteroatoms. The van der Waals surface area contributed by atoms with Gasteiger partial charge < -0.3 is 14.4 Å². The molecule has 2 aliphatic rings. The Morgan fingerprint density at radius 2 is 1.96 bits per heavy atom. The zero-order valence-electron chi connectivity index (χ0n) is 17.2. The summed E-state index contributed by atoms with van der Waals surface area (Å²) >= 11 is 0.